The van der Waals surface area contributed by atoms with Crippen molar-refractivity contribution in [2.24, 2.45) is 11.3 Å². The van der Waals surface area contributed by atoms with Crippen molar-refractivity contribution in [2.45, 2.75) is 71.5 Å². The van der Waals surface area contributed by atoms with E-state index in [0.717, 1.165) is 38.4 Å². The number of ether oxygens (including phenoxy) is 1. The van der Waals surface area contributed by atoms with Gasteiger partial charge in [-0.3, -0.25) is 0 Å². The van der Waals surface area contributed by atoms with Crippen molar-refractivity contribution in [1.82, 2.24) is 4.90 Å². The molecule has 2 fully saturated rings. The molecule has 20 heavy (non-hydrogen) atoms. The molecule has 1 aliphatic carbocycles. The first kappa shape index (κ1) is 16.3. The van der Waals surface area contributed by atoms with Crippen LogP contribution in [0.3, 0.4) is 0 Å². The summed E-state index contributed by atoms with van der Waals surface area (Å²) in [4.78, 5) is 2.38. The fourth-order valence-electron chi connectivity index (χ4n) is 4.13. The quantitative estimate of drug-likeness (QED) is 0.841. The van der Waals surface area contributed by atoms with Crippen molar-refractivity contribution < 1.29 is 9.84 Å². The molecule has 1 saturated heterocycles. The van der Waals surface area contributed by atoms with Gasteiger partial charge in [-0.15, -0.1) is 0 Å². The third-order valence-corrected chi connectivity index (χ3v) is 4.79. The molecule has 0 amide bonds. The van der Waals surface area contributed by atoms with E-state index in [1.165, 1.54) is 25.7 Å². The van der Waals surface area contributed by atoms with E-state index < -0.39 is 0 Å². The maximum absolute atomic E-state index is 10.2. The van der Waals surface area contributed by atoms with Crippen LogP contribution in [-0.2, 0) is 4.74 Å². The highest BCUT2D eigenvalue weighted by atomic mass is 16.5. The first-order valence-electron chi connectivity index (χ1n) is 8.47. The second kappa shape index (κ2) is 7.24. The van der Waals surface area contributed by atoms with Crippen LogP contribution in [0.25, 0.3) is 0 Å². The van der Waals surface area contributed by atoms with Gasteiger partial charge >= 0.3 is 0 Å². The fraction of sp³-hybridized carbons (Fsp3) is 1.00. The van der Waals surface area contributed by atoms with Crippen LogP contribution in [0.5, 0.6) is 0 Å². The lowest BCUT2D eigenvalue weighted by Gasteiger charge is -2.39. The Morgan fingerprint density at radius 2 is 1.90 bits per heavy atom. The number of nitrogens with zero attached hydrogens (tertiary/aromatic N) is 1. The lowest BCUT2D eigenvalue weighted by atomic mass is 9.71. The molecule has 3 heteroatoms. The molecule has 0 radical (unpaired) electrons. The Bertz CT molecular complexity index is 287. The van der Waals surface area contributed by atoms with Crippen LogP contribution in [0.1, 0.15) is 59.3 Å². The number of aliphatic hydroxyl groups excluding tert-OH is 1. The first-order chi connectivity index (χ1) is 9.44. The van der Waals surface area contributed by atoms with E-state index in [9.17, 15) is 5.11 Å². The Morgan fingerprint density at radius 1 is 1.20 bits per heavy atom. The molecule has 118 valence electrons. The Hall–Kier alpha value is -0.120. The molecular weight excluding hydrogens is 250 g/mol. The number of hydrogen-bond donors (Lipinski definition) is 1. The van der Waals surface area contributed by atoms with Gasteiger partial charge in [-0.2, -0.15) is 0 Å². The number of rotatable bonds is 5. The highest BCUT2D eigenvalue weighted by Crippen LogP contribution is 2.39. The minimum Gasteiger partial charge on any atom is -0.389 e. The van der Waals surface area contributed by atoms with Gasteiger partial charge in [0.25, 0.3) is 0 Å². The molecule has 1 heterocycles. The van der Waals surface area contributed by atoms with E-state index in [2.05, 4.69) is 25.7 Å². The molecule has 2 aliphatic rings. The van der Waals surface area contributed by atoms with Gasteiger partial charge in [0.1, 0.15) is 0 Å². The summed E-state index contributed by atoms with van der Waals surface area (Å²) in [6.45, 7) is 10.6. The second-order valence-corrected chi connectivity index (χ2v) is 7.88. The Balaban J connectivity index is 1.68. The van der Waals surface area contributed by atoms with Crippen molar-refractivity contribution in [3.63, 3.8) is 0 Å². The molecule has 0 spiro atoms. The summed E-state index contributed by atoms with van der Waals surface area (Å²) in [7, 11) is 0. The maximum Gasteiger partial charge on any atom is 0.0900 e. The van der Waals surface area contributed by atoms with Gasteiger partial charge in [0.2, 0.25) is 0 Å². The predicted molar refractivity (Wildman–Crippen MR) is 82.8 cm³/mol. The molecule has 3 nitrogen and oxygen atoms in total. The number of hydrogen-bond acceptors (Lipinski definition) is 3. The molecule has 0 aromatic heterocycles. The molecule has 2 rings (SSSR count). The zero-order valence-electron chi connectivity index (χ0n) is 13.6. The Labute approximate surface area is 124 Å². The van der Waals surface area contributed by atoms with Crippen LogP contribution in [0.2, 0.25) is 0 Å². The van der Waals surface area contributed by atoms with Gasteiger partial charge in [0.05, 0.1) is 18.8 Å². The van der Waals surface area contributed by atoms with Crippen molar-refractivity contribution in [1.29, 1.82) is 0 Å². The summed E-state index contributed by atoms with van der Waals surface area (Å²) in [5.74, 6) is 0.739. The predicted octanol–water partition coefficient (Wildman–Crippen LogP) is 3.06. The molecule has 0 bridgehead atoms. The minimum atomic E-state index is -0.326. The van der Waals surface area contributed by atoms with Crippen LogP contribution in [0, 0.1) is 11.3 Å². The van der Waals surface area contributed by atoms with E-state index in [4.69, 9.17) is 4.74 Å². The summed E-state index contributed by atoms with van der Waals surface area (Å²) in [6.07, 6.45) is 7.50. The number of β-amino-alcohol motifs (C(OH)–C–C–N with tert-alkyl or cyclic N) is 1. The highest BCUT2D eigenvalue weighted by Gasteiger charge is 2.32. The normalized spacial score (nSPS) is 33.0. The van der Waals surface area contributed by atoms with Gasteiger partial charge < -0.3 is 14.7 Å². The zero-order chi connectivity index (χ0) is 14.6. The fourth-order valence-corrected chi connectivity index (χ4v) is 4.13. The maximum atomic E-state index is 10.2. The van der Waals surface area contributed by atoms with Crippen LogP contribution >= 0.6 is 0 Å². The van der Waals surface area contributed by atoms with Crippen molar-refractivity contribution >= 4 is 0 Å². The number of likely N-dealkylation sites (tertiary alicyclic amines) is 1. The molecule has 1 aliphatic heterocycles. The summed E-state index contributed by atoms with van der Waals surface area (Å²) >= 11 is 0. The van der Waals surface area contributed by atoms with Crippen LogP contribution < -0.4 is 0 Å². The lowest BCUT2D eigenvalue weighted by molar-refractivity contribution is -0.0621. The first-order valence-corrected chi connectivity index (χ1v) is 8.47. The van der Waals surface area contributed by atoms with Gasteiger partial charge in [-0.1, -0.05) is 27.2 Å². The molecule has 1 saturated carbocycles. The molecule has 0 aromatic carbocycles. The van der Waals surface area contributed by atoms with E-state index in [-0.39, 0.29) is 6.10 Å². The summed E-state index contributed by atoms with van der Waals surface area (Å²) in [5, 5.41) is 10.2. The second-order valence-electron chi connectivity index (χ2n) is 7.88. The van der Waals surface area contributed by atoms with Crippen LogP contribution in [0.4, 0.5) is 0 Å². The molecular formula is C17H33NO2. The van der Waals surface area contributed by atoms with Gasteiger partial charge in [0.15, 0.2) is 0 Å². The van der Waals surface area contributed by atoms with E-state index >= 15 is 0 Å². The SMILES string of the molecule is CC1CC(OCC(O)CN2CCCCC2)CC(C)(C)C1. The Kier molecular flexibility index (Phi) is 5.88. The zero-order valence-corrected chi connectivity index (χ0v) is 13.6. The van der Waals surface area contributed by atoms with Gasteiger partial charge in [0, 0.05) is 6.54 Å². The minimum absolute atomic E-state index is 0.326. The monoisotopic (exact) mass is 283 g/mol. The largest absolute Gasteiger partial charge is 0.389 e. The third kappa shape index (κ3) is 5.34. The molecule has 3 atom stereocenters. The Morgan fingerprint density at radius 3 is 2.55 bits per heavy atom. The third-order valence-electron chi connectivity index (χ3n) is 4.79. The van der Waals surface area contributed by atoms with Crippen LogP contribution in [0.15, 0.2) is 0 Å². The molecule has 0 aromatic rings. The van der Waals surface area contributed by atoms with Crippen molar-refractivity contribution in [2.75, 3.05) is 26.2 Å². The van der Waals surface area contributed by atoms with Crippen LogP contribution in [-0.4, -0.2) is 48.5 Å². The highest BCUT2D eigenvalue weighted by molar-refractivity contribution is 4.83. The van der Waals surface area contributed by atoms with E-state index in [0.29, 0.717) is 18.1 Å². The van der Waals surface area contributed by atoms with Crippen molar-refractivity contribution in [3.05, 3.63) is 0 Å². The van der Waals surface area contributed by atoms with Crippen molar-refractivity contribution in [3.8, 4) is 0 Å². The smallest absolute Gasteiger partial charge is 0.0900 e. The standard InChI is InChI=1S/C17H33NO2/c1-14-9-16(11-17(2,3)10-14)20-13-15(19)12-18-7-5-4-6-8-18/h14-16,19H,4-13H2,1-3H3. The van der Waals surface area contributed by atoms with E-state index in [1.807, 2.05) is 0 Å². The number of piperidine rings is 1. The lowest BCUT2D eigenvalue weighted by Crippen LogP contribution is -2.40. The summed E-state index contributed by atoms with van der Waals surface area (Å²) < 4.78 is 6.02. The summed E-state index contributed by atoms with van der Waals surface area (Å²) in [6, 6.07) is 0. The van der Waals surface area contributed by atoms with Gasteiger partial charge in [-0.25, -0.2) is 0 Å². The average molecular weight is 283 g/mol. The average Bonchev–Trinajstić information content (AvgIpc) is 2.35. The van der Waals surface area contributed by atoms with E-state index in [1.54, 1.807) is 0 Å². The molecule has 3 unspecified atom stereocenters. The number of aliphatic hydroxyl groups is 1. The molecule has 1 N–H and O–H groups in total. The summed E-state index contributed by atoms with van der Waals surface area (Å²) in [5.41, 5.74) is 0.389. The topological polar surface area (TPSA) is 32.7 Å². The van der Waals surface area contributed by atoms with Gasteiger partial charge in [-0.05, 0) is 56.5 Å².